The normalized spacial score (nSPS) is 14.0. The molecule has 1 amide bonds. The van der Waals surface area contributed by atoms with E-state index in [4.69, 9.17) is 16.3 Å². The van der Waals surface area contributed by atoms with E-state index < -0.39 is 0 Å². The summed E-state index contributed by atoms with van der Waals surface area (Å²) in [5, 5.41) is 6.54. The maximum absolute atomic E-state index is 12.8. The van der Waals surface area contributed by atoms with Crippen LogP contribution in [-0.4, -0.2) is 37.2 Å². The summed E-state index contributed by atoms with van der Waals surface area (Å²) in [5.74, 6) is -0.107. The Kier molecular flexibility index (Phi) is 6.37. The van der Waals surface area contributed by atoms with Crippen molar-refractivity contribution >= 4 is 40.2 Å². The smallest absolute Gasteiger partial charge is 0.230 e. The Balaban J connectivity index is 1.48. The molecule has 5 nitrogen and oxygen atoms in total. The number of halogens is 1. The van der Waals surface area contributed by atoms with Crippen LogP contribution in [-0.2, 0) is 16.0 Å². The van der Waals surface area contributed by atoms with Crippen molar-refractivity contribution in [1.29, 1.82) is 0 Å². The average molecular weight is 442 g/mol. The molecule has 1 fully saturated rings. The molecule has 1 aliphatic heterocycles. The Hall–Kier alpha value is -2.41. The number of morpholine rings is 1. The van der Waals surface area contributed by atoms with Crippen LogP contribution in [0.2, 0.25) is 5.02 Å². The Bertz CT molecular complexity index is 1060. The Morgan fingerprint density at radius 2 is 2.03 bits per heavy atom. The first-order chi connectivity index (χ1) is 14.5. The lowest BCUT2D eigenvalue weighted by Crippen LogP contribution is -2.37. The molecule has 2 heterocycles. The number of aromatic nitrogens is 1. The molecular formula is C23H24ClN3O2S. The van der Waals surface area contributed by atoms with E-state index in [1.165, 1.54) is 11.1 Å². The van der Waals surface area contributed by atoms with Crippen LogP contribution in [0.4, 0.5) is 11.4 Å². The molecule has 0 saturated carbocycles. The SMILES string of the molecule is Cc1ccc(-c2nc(CC(=O)Nc3cccc(Cl)c3N3CCOCC3)cs2)c(C)c1. The van der Waals surface area contributed by atoms with Crippen molar-refractivity contribution in [2.24, 2.45) is 0 Å². The second-order valence-corrected chi connectivity index (χ2v) is 8.69. The predicted molar refractivity (Wildman–Crippen MR) is 124 cm³/mol. The van der Waals surface area contributed by atoms with Crippen molar-refractivity contribution < 1.29 is 9.53 Å². The lowest BCUT2D eigenvalue weighted by molar-refractivity contribution is -0.115. The first-order valence-corrected chi connectivity index (χ1v) is 11.2. The third-order valence-corrected chi connectivity index (χ3v) is 6.32. The van der Waals surface area contributed by atoms with Crippen LogP contribution >= 0.6 is 22.9 Å². The molecule has 0 spiro atoms. The number of para-hydroxylation sites is 1. The fourth-order valence-electron chi connectivity index (χ4n) is 3.65. The Morgan fingerprint density at radius 3 is 2.80 bits per heavy atom. The van der Waals surface area contributed by atoms with Crippen molar-refractivity contribution in [3.8, 4) is 10.6 Å². The van der Waals surface area contributed by atoms with Gasteiger partial charge in [0.25, 0.3) is 0 Å². The highest BCUT2D eigenvalue weighted by atomic mass is 35.5. The molecule has 156 valence electrons. The fraction of sp³-hybridized carbons (Fsp3) is 0.304. The van der Waals surface area contributed by atoms with Crippen LogP contribution in [0.5, 0.6) is 0 Å². The number of anilines is 2. The monoisotopic (exact) mass is 441 g/mol. The van der Waals surface area contributed by atoms with Gasteiger partial charge in [-0.25, -0.2) is 4.98 Å². The number of carbonyl (C=O) groups is 1. The van der Waals surface area contributed by atoms with E-state index in [1.807, 2.05) is 23.6 Å². The Labute approximate surface area is 185 Å². The molecule has 1 aliphatic rings. The summed E-state index contributed by atoms with van der Waals surface area (Å²) in [7, 11) is 0. The molecule has 1 aromatic heterocycles. The predicted octanol–water partition coefficient (Wildman–Crippen LogP) is 5.10. The topological polar surface area (TPSA) is 54.5 Å². The van der Waals surface area contributed by atoms with Gasteiger partial charge in [-0.3, -0.25) is 4.79 Å². The highest BCUT2D eigenvalue weighted by Gasteiger charge is 2.19. The highest BCUT2D eigenvalue weighted by Crippen LogP contribution is 2.34. The van der Waals surface area contributed by atoms with Crippen molar-refractivity contribution in [2.75, 3.05) is 36.5 Å². The van der Waals surface area contributed by atoms with Gasteiger partial charge in [0.15, 0.2) is 0 Å². The summed E-state index contributed by atoms with van der Waals surface area (Å²) in [6, 6.07) is 11.9. The minimum atomic E-state index is -0.107. The number of thiazole rings is 1. The molecule has 4 rings (SSSR count). The summed E-state index contributed by atoms with van der Waals surface area (Å²) < 4.78 is 5.44. The molecule has 0 aliphatic carbocycles. The van der Waals surface area contributed by atoms with Gasteiger partial charge < -0.3 is 15.0 Å². The fourth-order valence-corrected chi connectivity index (χ4v) is 4.85. The van der Waals surface area contributed by atoms with Gasteiger partial charge in [-0.1, -0.05) is 41.4 Å². The summed E-state index contributed by atoms with van der Waals surface area (Å²) in [6.07, 6.45) is 0.219. The van der Waals surface area contributed by atoms with E-state index in [9.17, 15) is 4.79 Å². The molecule has 1 N–H and O–H groups in total. The highest BCUT2D eigenvalue weighted by molar-refractivity contribution is 7.13. The number of hydrogen-bond acceptors (Lipinski definition) is 5. The minimum absolute atomic E-state index is 0.107. The lowest BCUT2D eigenvalue weighted by Gasteiger charge is -2.31. The molecule has 0 unspecified atom stereocenters. The van der Waals surface area contributed by atoms with Crippen molar-refractivity contribution in [3.05, 3.63) is 63.6 Å². The van der Waals surface area contributed by atoms with Gasteiger partial charge in [-0.15, -0.1) is 11.3 Å². The molecule has 0 radical (unpaired) electrons. The van der Waals surface area contributed by atoms with E-state index in [0.717, 1.165) is 40.7 Å². The lowest BCUT2D eigenvalue weighted by atomic mass is 10.1. The minimum Gasteiger partial charge on any atom is -0.378 e. The van der Waals surface area contributed by atoms with E-state index in [1.54, 1.807) is 11.3 Å². The molecule has 0 bridgehead atoms. The maximum Gasteiger partial charge on any atom is 0.230 e. The molecule has 7 heteroatoms. The number of carbonyl (C=O) groups excluding carboxylic acids is 1. The first kappa shape index (κ1) is 20.8. The van der Waals surface area contributed by atoms with E-state index in [2.05, 4.69) is 47.2 Å². The molecule has 1 saturated heterocycles. The van der Waals surface area contributed by atoms with Crippen molar-refractivity contribution in [1.82, 2.24) is 4.98 Å². The van der Waals surface area contributed by atoms with Gasteiger partial charge in [-0.05, 0) is 31.5 Å². The van der Waals surface area contributed by atoms with Crippen LogP contribution in [0.3, 0.4) is 0 Å². The van der Waals surface area contributed by atoms with Crippen LogP contribution in [0, 0.1) is 13.8 Å². The number of rotatable bonds is 5. The van der Waals surface area contributed by atoms with E-state index in [-0.39, 0.29) is 12.3 Å². The summed E-state index contributed by atoms with van der Waals surface area (Å²) >= 11 is 8.02. The maximum atomic E-state index is 12.8. The van der Waals surface area contributed by atoms with Crippen LogP contribution < -0.4 is 10.2 Å². The quantitative estimate of drug-likeness (QED) is 0.598. The number of aryl methyl sites for hydroxylation is 2. The summed E-state index contributed by atoms with van der Waals surface area (Å²) in [4.78, 5) is 19.6. The molecular weight excluding hydrogens is 418 g/mol. The van der Waals surface area contributed by atoms with Gasteiger partial charge in [0.1, 0.15) is 5.01 Å². The van der Waals surface area contributed by atoms with Gasteiger partial charge in [-0.2, -0.15) is 0 Å². The van der Waals surface area contributed by atoms with E-state index >= 15 is 0 Å². The second-order valence-electron chi connectivity index (χ2n) is 7.42. The standard InChI is InChI=1S/C23H24ClN3O2S/c1-15-6-7-18(16(2)12-15)23-25-17(14-30-23)13-21(28)26-20-5-3-4-19(24)22(20)27-8-10-29-11-9-27/h3-7,12,14H,8-11,13H2,1-2H3,(H,26,28). The Morgan fingerprint density at radius 1 is 1.23 bits per heavy atom. The molecule has 3 aromatic rings. The molecule has 2 aromatic carbocycles. The van der Waals surface area contributed by atoms with Gasteiger partial charge >= 0.3 is 0 Å². The number of hydrogen-bond donors (Lipinski definition) is 1. The molecule has 0 atom stereocenters. The third-order valence-electron chi connectivity index (χ3n) is 5.09. The zero-order valence-corrected chi connectivity index (χ0v) is 18.6. The zero-order chi connectivity index (χ0) is 21.1. The number of amides is 1. The first-order valence-electron chi connectivity index (χ1n) is 9.94. The number of nitrogens with zero attached hydrogens (tertiary/aromatic N) is 2. The zero-order valence-electron chi connectivity index (χ0n) is 17.1. The second kappa shape index (κ2) is 9.16. The summed E-state index contributed by atoms with van der Waals surface area (Å²) in [5.41, 5.74) is 5.87. The van der Waals surface area contributed by atoms with Crippen molar-refractivity contribution in [3.63, 3.8) is 0 Å². The van der Waals surface area contributed by atoms with Crippen LogP contribution in [0.25, 0.3) is 10.6 Å². The number of nitrogens with one attached hydrogen (secondary N) is 1. The molecule has 30 heavy (non-hydrogen) atoms. The van der Waals surface area contributed by atoms with Gasteiger partial charge in [0, 0.05) is 24.0 Å². The van der Waals surface area contributed by atoms with Crippen LogP contribution in [0.15, 0.2) is 41.8 Å². The largest absolute Gasteiger partial charge is 0.378 e. The van der Waals surface area contributed by atoms with Gasteiger partial charge in [0.05, 0.1) is 41.7 Å². The van der Waals surface area contributed by atoms with E-state index in [0.29, 0.717) is 18.2 Å². The number of benzene rings is 2. The third kappa shape index (κ3) is 4.67. The number of ether oxygens (including phenoxy) is 1. The summed E-state index contributed by atoms with van der Waals surface area (Å²) in [6.45, 7) is 6.96. The average Bonchev–Trinajstić information content (AvgIpc) is 3.16. The van der Waals surface area contributed by atoms with Crippen LogP contribution in [0.1, 0.15) is 16.8 Å². The van der Waals surface area contributed by atoms with Crippen molar-refractivity contribution in [2.45, 2.75) is 20.3 Å². The van der Waals surface area contributed by atoms with Gasteiger partial charge in [0.2, 0.25) is 5.91 Å².